The number of nitrogens with one attached hydrogen (secondary N) is 1. The highest BCUT2D eigenvalue weighted by atomic mass is 32.1. The van der Waals surface area contributed by atoms with E-state index in [9.17, 15) is 9.59 Å². The predicted molar refractivity (Wildman–Crippen MR) is 116 cm³/mol. The summed E-state index contributed by atoms with van der Waals surface area (Å²) in [5.41, 5.74) is 2.78. The van der Waals surface area contributed by atoms with Gasteiger partial charge in [0.15, 0.2) is 5.13 Å². The average Bonchev–Trinajstić information content (AvgIpc) is 3.26. The minimum atomic E-state index is -0.358. The van der Waals surface area contributed by atoms with Gasteiger partial charge < -0.3 is 14.4 Å². The van der Waals surface area contributed by atoms with Crippen LogP contribution in [0.4, 0.5) is 10.8 Å². The summed E-state index contributed by atoms with van der Waals surface area (Å²) in [6.45, 7) is 0.651. The molecule has 0 radical (unpaired) electrons. The van der Waals surface area contributed by atoms with Gasteiger partial charge in [-0.15, -0.1) is 11.3 Å². The fraction of sp³-hybridized carbons (Fsp3) is 0.227. The van der Waals surface area contributed by atoms with Crippen molar-refractivity contribution in [2.75, 3.05) is 31.0 Å². The Morgan fingerprint density at radius 1 is 1.10 bits per heavy atom. The molecule has 1 aliphatic heterocycles. The topological polar surface area (TPSA) is 80.8 Å². The number of thiazole rings is 1. The number of hydrogen-bond acceptors (Lipinski definition) is 6. The third-order valence-corrected chi connectivity index (χ3v) is 5.67. The smallest absolute Gasteiger partial charge is 0.277 e. The van der Waals surface area contributed by atoms with E-state index in [1.807, 2.05) is 24.3 Å². The maximum absolute atomic E-state index is 13.0. The first-order chi connectivity index (χ1) is 14.6. The number of aryl methyl sites for hydroxylation is 1. The standard InChI is InChI=1S/C22H21N3O4S/c1-28-16-10-15(11-17(12-16)29-2)20(26)24-22-23-18(13-30-22)21(27)25-9-5-7-14-6-3-4-8-19(14)25/h3-4,6,8,10-13H,5,7,9H2,1-2H3,(H,23,24,26). The Balaban J connectivity index is 1.51. The summed E-state index contributed by atoms with van der Waals surface area (Å²) in [4.78, 5) is 31.8. The lowest BCUT2D eigenvalue weighted by Crippen LogP contribution is -2.35. The zero-order valence-electron chi connectivity index (χ0n) is 16.7. The molecular weight excluding hydrogens is 402 g/mol. The molecule has 8 heteroatoms. The molecule has 2 aromatic carbocycles. The molecule has 1 N–H and O–H groups in total. The summed E-state index contributed by atoms with van der Waals surface area (Å²) in [7, 11) is 3.04. The SMILES string of the molecule is COc1cc(OC)cc(C(=O)Nc2nc(C(=O)N3CCCc4ccccc43)cs2)c1. The number of benzene rings is 2. The number of amides is 2. The summed E-state index contributed by atoms with van der Waals surface area (Å²) < 4.78 is 10.4. The van der Waals surface area contributed by atoms with Crippen molar-refractivity contribution in [2.45, 2.75) is 12.8 Å². The lowest BCUT2D eigenvalue weighted by molar-refractivity contribution is 0.0978. The van der Waals surface area contributed by atoms with Crippen LogP contribution in [0.5, 0.6) is 11.5 Å². The minimum absolute atomic E-state index is 0.165. The number of fused-ring (bicyclic) bond motifs is 1. The molecular formula is C22H21N3O4S. The second-order valence-electron chi connectivity index (χ2n) is 6.78. The van der Waals surface area contributed by atoms with Crippen LogP contribution in [0.25, 0.3) is 0 Å². The molecule has 0 saturated heterocycles. The zero-order valence-corrected chi connectivity index (χ0v) is 17.5. The monoisotopic (exact) mass is 423 g/mol. The Morgan fingerprint density at radius 2 is 1.83 bits per heavy atom. The number of para-hydroxylation sites is 1. The van der Waals surface area contributed by atoms with Gasteiger partial charge in [-0.3, -0.25) is 14.9 Å². The number of ether oxygens (including phenoxy) is 2. The summed E-state index contributed by atoms with van der Waals surface area (Å²) >= 11 is 1.21. The van der Waals surface area contributed by atoms with Crippen LogP contribution in [0.1, 0.15) is 32.8 Å². The first kappa shape index (κ1) is 19.9. The van der Waals surface area contributed by atoms with Gasteiger partial charge in [0.25, 0.3) is 11.8 Å². The maximum Gasteiger partial charge on any atom is 0.277 e. The van der Waals surface area contributed by atoms with Crippen molar-refractivity contribution in [1.29, 1.82) is 0 Å². The minimum Gasteiger partial charge on any atom is -0.497 e. The predicted octanol–water partition coefficient (Wildman–Crippen LogP) is 4.01. The van der Waals surface area contributed by atoms with Gasteiger partial charge in [-0.1, -0.05) is 18.2 Å². The highest BCUT2D eigenvalue weighted by Gasteiger charge is 2.25. The van der Waals surface area contributed by atoms with E-state index in [1.165, 1.54) is 25.6 Å². The molecule has 1 aliphatic rings. The van der Waals surface area contributed by atoms with Gasteiger partial charge in [-0.2, -0.15) is 0 Å². The first-order valence-electron chi connectivity index (χ1n) is 9.49. The number of rotatable bonds is 5. The van der Waals surface area contributed by atoms with Crippen LogP contribution in [0.15, 0.2) is 47.8 Å². The van der Waals surface area contributed by atoms with Gasteiger partial charge in [0, 0.05) is 29.2 Å². The van der Waals surface area contributed by atoms with Crippen molar-refractivity contribution in [2.24, 2.45) is 0 Å². The van der Waals surface area contributed by atoms with Gasteiger partial charge in [0.05, 0.1) is 14.2 Å². The highest BCUT2D eigenvalue weighted by molar-refractivity contribution is 7.14. The van der Waals surface area contributed by atoms with E-state index in [0.29, 0.717) is 34.4 Å². The largest absolute Gasteiger partial charge is 0.497 e. The lowest BCUT2D eigenvalue weighted by Gasteiger charge is -2.28. The van der Waals surface area contributed by atoms with E-state index in [4.69, 9.17) is 9.47 Å². The van der Waals surface area contributed by atoms with Gasteiger partial charge in [0.1, 0.15) is 17.2 Å². The number of hydrogen-bond donors (Lipinski definition) is 1. The van der Waals surface area contributed by atoms with Crippen LogP contribution in [-0.4, -0.2) is 37.6 Å². The number of anilines is 2. The second-order valence-corrected chi connectivity index (χ2v) is 7.64. The molecule has 2 amide bonds. The quantitative estimate of drug-likeness (QED) is 0.671. The van der Waals surface area contributed by atoms with Gasteiger partial charge in [-0.05, 0) is 36.6 Å². The Bertz CT molecular complexity index is 1070. The first-order valence-corrected chi connectivity index (χ1v) is 10.4. The van der Waals surface area contributed by atoms with Crippen molar-refractivity contribution >= 4 is 34.0 Å². The van der Waals surface area contributed by atoms with Crippen molar-refractivity contribution in [3.8, 4) is 11.5 Å². The van der Waals surface area contributed by atoms with Crippen LogP contribution >= 0.6 is 11.3 Å². The molecule has 0 saturated carbocycles. The molecule has 30 heavy (non-hydrogen) atoms. The van der Waals surface area contributed by atoms with Crippen LogP contribution in [0.3, 0.4) is 0 Å². The molecule has 154 valence electrons. The molecule has 1 aromatic heterocycles. The molecule has 0 aliphatic carbocycles. The van der Waals surface area contributed by atoms with Crippen LogP contribution in [0, 0.1) is 0 Å². The van der Waals surface area contributed by atoms with E-state index in [0.717, 1.165) is 24.1 Å². The third kappa shape index (κ3) is 3.99. The Hall–Kier alpha value is -3.39. The van der Waals surface area contributed by atoms with E-state index >= 15 is 0 Å². The molecule has 0 fully saturated rings. The Morgan fingerprint density at radius 3 is 2.57 bits per heavy atom. The van der Waals surface area contributed by atoms with Gasteiger partial charge >= 0.3 is 0 Å². The second kappa shape index (κ2) is 8.54. The number of carbonyl (C=O) groups excluding carboxylic acids is 2. The number of nitrogens with zero attached hydrogens (tertiary/aromatic N) is 2. The van der Waals surface area contributed by atoms with Crippen molar-refractivity contribution in [3.63, 3.8) is 0 Å². The van der Waals surface area contributed by atoms with E-state index in [-0.39, 0.29) is 11.8 Å². The summed E-state index contributed by atoms with van der Waals surface area (Å²) in [6.07, 6.45) is 1.87. The third-order valence-electron chi connectivity index (χ3n) is 4.91. The summed E-state index contributed by atoms with van der Waals surface area (Å²) in [6, 6.07) is 12.8. The molecule has 0 bridgehead atoms. The van der Waals surface area contributed by atoms with Gasteiger partial charge in [-0.25, -0.2) is 4.98 Å². The van der Waals surface area contributed by atoms with Crippen LogP contribution in [-0.2, 0) is 6.42 Å². The molecule has 0 atom stereocenters. The molecule has 0 unspecified atom stereocenters. The summed E-state index contributed by atoms with van der Waals surface area (Å²) in [5.74, 6) is 0.502. The molecule has 7 nitrogen and oxygen atoms in total. The number of aromatic nitrogens is 1. The average molecular weight is 423 g/mol. The number of methoxy groups -OCH3 is 2. The van der Waals surface area contributed by atoms with Crippen LogP contribution < -0.4 is 19.7 Å². The van der Waals surface area contributed by atoms with Crippen molar-refractivity contribution in [1.82, 2.24) is 4.98 Å². The van der Waals surface area contributed by atoms with Crippen molar-refractivity contribution in [3.05, 3.63) is 64.7 Å². The fourth-order valence-corrected chi connectivity index (χ4v) is 4.10. The molecule has 2 heterocycles. The summed E-state index contributed by atoms with van der Waals surface area (Å²) in [5, 5.41) is 4.77. The van der Waals surface area contributed by atoms with Crippen molar-refractivity contribution < 1.29 is 19.1 Å². The van der Waals surface area contributed by atoms with E-state index in [2.05, 4.69) is 10.3 Å². The van der Waals surface area contributed by atoms with Crippen LogP contribution in [0.2, 0.25) is 0 Å². The number of carbonyl (C=O) groups is 2. The lowest BCUT2D eigenvalue weighted by atomic mass is 10.0. The maximum atomic E-state index is 13.0. The van der Waals surface area contributed by atoms with Gasteiger partial charge in [0.2, 0.25) is 0 Å². The van der Waals surface area contributed by atoms with E-state index < -0.39 is 0 Å². The Labute approximate surface area is 178 Å². The van der Waals surface area contributed by atoms with E-state index in [1.54, 1.807) is 28.5 Å². The molecule has 0 spiro atoms. The Kier molecular flexibility index (Phi) is 5.67. The molecule has 3 aromatic rings. The highest BCUT2D eigenvalue weighted by Crippen LogP contribution is 2.29. The molecule has 4 rings (SSSR count). The fourth-order valence-electron chi connectivity index (χ4n) is 3.42. The normalized spacial score (nSPS) is 12.8. The zero-order chi connectivity index (χ0) is 21.1.